The van der Waals surface area contributed by atoms with E-state index >= 15 is 0 Å². The van der Waals surface area contributed by atoms with Crippen LogP contribution in [0, 0.1) is 20.8 Å². The Morgan fingerprint density at radius 3 is 1.18 bits per heavy atom. The lowest BCUT2D eigenvalue weighted by Gasteiger charge is -2.51. The number of ether oxygens (including phenoxy) is 3. The molecule has 6 rings (SSSR count). The van der Waals surface area contributed by atoms with Crippen molar-refractivity contribution in [1.82, 2.24) is 4.90 Å². The zero-order chi connectivity index (χ0) is 19.0. The summed E-state index contributed by atoms with van der Waals surface area (Å²) in [6.07, 6.45) is -0.743. The first-order valence-corrected chi connectivity index (χ1v) is 9.67. The molecule has 3 aromatic rings. The molecule has 3 aliphatic heterocycles. The van der Waals surface area contributed by atoms with Crippen LogP contribution in [-0.2, 0) is 0 Å². The topological polar surface area (TPSA) is 30.9 Å². The van der Waals surface area contributed by atoms with Gasteiger partial charge in [-0.2, -0.15) is 4.90 Å². The van der Waals surface area contributed by atoms with Crippen LogP contribution in [0.5, 0.6) is 17.2 Å². The van der Waals surface area contributed by atoms with Crippen molar-refractivity contribution in [3.8, 4) is 17.2 Å². The van der Waals surface area contributed by atoms with Crippen molar-refractivity contribution >= 4 is 0 Å². The lowest BCUT2D eigenvalue weighted by molar-refractivity contribution is -0.202. The van der Waals surface area contributed by atoms with Crippen LogP contribution in [0.1, 0.15) is 52.1 Å². The number of rotatable bonds is 0. The minimum atomic E-state index is -0.248. The van der Waals surface area contributed by atoms with Gasteiger partial charge >= 0.3 is 0 Å². The van der Waals surface area contributed by atoms with E-state index in [4.69, 9.17) is 14.2 Å². The molecule has 0 unspecified atom stereocenters. The standard InChI is InChI=1S/C24H21NO3/c1-13-4-7-19-16(10-13)22-25-23(26-19)18-12-15(3)6-9-21(18)28-24(25)17-11-14(2)5-8-20(17)27-22/h4-12,22-24H,1-3H3/t22-,23-,24+/m0/s1. The molecule has 0 N–H and O–H groups in total. The van der Waals surface area contributed by atoms with Crippen LogP contribution in [0.4, 0.5) is 0 Å². The van der Waals surface area contributed by atoms with Crippen LogP contribution in [0.3, 0.4) is 0 Å². The zero-order valence-corrected chi connectivity index (χ0v) is 16.1. The fraction of sp³-hybridized carbons (Fsp3) is 0.250. The van der Waals surface area contributed by atoms with Gasteiger partial charge in [0.25, 0.3) is 0 Å². The number of fused-ring (bicyclic) bond motifs is 6. The molecule has 0 saturated heterocycles. The Morgan fingerprint density at radius 1 is 0.536 bits per heavy atom. The summed E-state index contributed by atoms with van der Waals surface area (Å²) >= 11 is 0. The highest BCUT2D eigenvalue weighted by molar-refractivity contribution is 5.50. The highest BCUT2D eigenvalue weighted by atomic mass is 16.6. The van der Waals surface area contributed by atoms with E-state index in [1.807, 2.05) is 0 Å². The maximum atomic E-state index is 6.52. The first kappa shape index (κ1) is 16.0. The molecule has 140 valence electrons. The van der Waals surface area contributed by atoms with Crippen LogP contribution in [0.15, 0.2) is 54.6 Å². The molecule has 0 radical (unpaired) electrons. The smallest absolute Gasteiger partial charge is 0.188 e. The van der Waals surface area contributed by atoms with Gasteiger partial charge in [-0.3, -0.25) is 0 Å². The summed E-state index contributed by atoms with van der Waals surface area (Å²) in [6, 6.07) is 18.9. The third-order valence-electron chi connectivity index (χ3n) is 5.82. The van der Waals surface area contributed by atoms with Gasteiger partial charge in [0.2, 0.25) is 0 Å². The van der Waals surface area contributed by atoms with Crippen LogP contribution >= 0.6 is 0 Å². The molecule has 0 aliphatic carbocycles. The SMILES string of the molecule is Cc1ccc2c(c1)[C@H]1Oc3ccc(C)cc3[C@@H]3Oc4ccc(C)cc4[C@H](O2)N13. The Kier molecular flexibility index (Phi) is 3.16. The molecular formula is C24H21NO3. The summed E-state index contributed by atoms with van der Waals surface area (Å²) in [7, 11) is 0. The lowest BCUT2D eigenvalue weighted by Crippen LogP contribution is -2.50. The van der Waals surface area contributed by atoms with E-state index < -0.39 is 0 Å². The van der Waals surface area contributed by atoms with E-state index in [9.17, 15) is 0 Å². The van der Waals surface area contributed by atoms with Gasteiger partial charge in [-0.1, -0.05) is 34.9 Å². The Hall–Kier alpha value is -2.98. The third-order valence-corrected chi connectivity index (χ3v) is 5.82. The molecule has 4 heteroatoms. The average molecular weight is 371 g/mol. The van der Waals surface area contributed by atoms with Gasteiger partial charge in [-0.05, 0) is 57.2 Å². The van der Waals surface area contributed by atoms with Gasteiger partial charge in [0.1, 0.15) is 17.2 Å². The second-order valence-corrected chi connectivity index (χ2v) is 7.98. The van der Waals surface area contributed by atoms with Crippen molar-refractivity contribution in [1.29, 1.82) is 0 Å². The molecule has 28 heavy (non-hydrogen) atoms. The molecule has 3 aromatic carbocycles. The van der Waals surface area contributed by atoms with Gasteiger partial charge in [0.05, 0.1) is 16.7 Å². The quantitative estimate of drug-likeness (QED) is 0.523. The Morgan fingerprint density at radius 2 is 0.857 bits per heavy atom. The molecule has 4 nitrogen and oxygen atoms in total. The largest absolute Gasteiger partial charge is 0.470 e. The minimum Gasteiger partial charge on any atom is -0.470 e. The molecule has 0 saturated carbocycles. The highest BCUT2D eigenvalue weighted by Gasteiger charge is 2.51. The number of nitrogens with zero attached hydrogens (tertiary/aromatic N) is 1. The summed E-state index contributed by atoms with van der Waals surface area (Å²) in [5.74, 6) is 2.63. The van der Waals surface area contributed by atoms with Crippen LogP contribution in [0.2, 0.25) is 0 Å². The highest BCUT2D eigenvalue weighted by Crippen LogP contribution is 2.56. The fourth-order valence-electron chi connectivity index (χ4n) is 4.49. The predicted octanol–water partition coefficient (Wildman–Crippen LogP) is 5.49. The molecule has 0 fully saturated rings. The summed E-state index contributed by atoms with van der Waals surface area (Å²) in [5, 5.41) is 0. The third kappa shape index (κ3) is 2.15. The van der Waals surface area contributed by atoms with E-state index in [1.54, 1.807) is 0 Å². The summed E-state index contributed by atoms with van der Waals surface area (Å²) in [6.45, 7) is 6.28. The number of benzene rings is 3. The van der Waals surface area contributed by atoms with E-state index in [2.05, 4.69) is 80.3 Å². The Bertz CT molecular complexity index is 981. The average Bonchev–Trinajstić information content (AvgIpc) is 2.69. The van der Waals surface area contributed by atoms with Gasteiger partial charge in [0.15, 0.2) is 18.7 Å². The minimum absolute atomic E-state index is 0.248. The molecule has 0 amide bonds. The molecule has 0 spiro atoms. The Labute approximate surface area is 164 Å². The molecule has 3 heterocycles. The first-order valence-electron chi connectivity index (χ1n) is 9.67. The van der Waals surface area contributed by atoms with E-state index in [-0.39, 0.29) is 18.7 Å². The van der Waals surface area contributed by atoms with Crippen molar-refractivity contribution in [2.45, 2.75) is 39.5 Å². The molecule has 0 aromatic heterocycles. The first-order chi connectivity index (χ1) is 13.6. The van der Waals surface area contributed by atoms with Crippen LogP contribution in [0.25, 0.3) is 0 Å². The fourth-order valence-corrected chi connectivity index (χ4v) is 4.49. The van der Waals surface area contributed by atoms with Crippen molar-refractivity contribution in [3.05, 3.63) is 88.0 Å². The molecule has 0 bridgehead atoms. The van der Waals surface area contributed by atoms with Gasteiger partial charge in [-0.25, -0.2) is 0 Å². The van der Waals surface area contributed by atoms with Crippen molar-refractivity contribution in [2.24, 2.45) is 0 Å². The van der Waals surface area contributed by atoms with Gasteiger partial charge in [0, 0.05) is 0 Å². The Balaban J connectivity index is 1.61. The normalized spacial score (nSPS) is 23.9. The maximum Gasteiger partial charge on any atom is 0.188 e. The monoisotopic (exact) mass is 371 g/mol. The second kappa shape index (κ2) is 5.52. The van der Waals surface area contributed by atoms with Crippen LogP contribution in [-0.4, -0.2) is 4.90 Å². The number of hydrogen-bond acceptors (Lipinski definition) is 4. The molecule has 3 aliphatic rings. The second-order valence-electron chi connectivity index (χ2n) is 7.98. The number of hydrogen-bond donors (Lipinski definition) is 0. The van der Waals surface area contributed by atoms with Crippen molar-refractivity contribution < 1.29 is 14.2 Å². The van der Waals surface area contributed by atoms with Crippen LogP contribution < -0.4 is 14.2 Å². The number of aryl methyl sites for hydroxylation is 3. The lowest BCUT2D eigenvalue weighted by atomic mass is 9.96. The van der Waals surface area contributed by atoms with Gasteiger partial charge < -0.3 is 14.2 Å². The summed E-state index contributed by atoms with van der Waals surface area (Å²) in [4.78, 5) is 2.21. The molecule has 3 atom stereocenters. The molecular weight excluding hydrogens is 350 g/mol. The summed E-state index contributed by atoms with van der Waals surface area (Å²) in [5.41, 5.74) is 6.70. The van der Waals surface area contributed by atoms with E-state index in [1.165, 1.54) is 16.7 Å². The van der Waals surface area contributed by atoms with E-state index in [0.717, 1.165) is 33.9 Å². The van der Waals surface area contributed by atoms with Crippen molar-refractivity contribution in [3.63, 3.8) is 0 Å². The van der Waals surface area contributed by atoms with Gasteiger partial charge in [-0.15, -0.1) is 0 Å². The van der Waals surface area contributed by atoms with Crippen molar-refractivity contribution in [2.75, 3.05) is 0 Å². The summed E-state index contributed by atoms with van der Waals surface area (Å²) < 4.78 is 19.6. The maximum absolute atomic E-state index is 6.52. The zero-order valence-electron chi connectivity index (χ0n) is 16.1. The van der Waals surface area contributed by atoms with E-state index in [0.29, 0.717) is 0 Å². The predicted molar refractivity (Wildman–Crippen MR) is 105 cm³/mol.